The number of urea groups is 1. The van der Waals surface area contributed by atoms with E-state index in [-0.39, 0.29) is 23.5 Å². The molecule has 3 aliphatic rings. The number of nitrogens with zero attached hydrogens (tertiary/aromatic N) is 4. The van der Waals surface area contributed by atoms with Crippen molar-refractivity contribution in [3.63, 3.8) is 0 Å². The van der Waals surface area contributed by atoms with Gasteiger partial charge in [-0.25, -0.2) is 9.18 Å². The highest BCUT2D eigenvalue weighted by atomic mass is 19.1. The first-order chi connectivity index (χ1) is 16.1. The minimum Gasteiger partial charge on any atom is -0.338 e. The van der Waals surface area contributed by atoms with Crippen molar-refractivity contribution in [2.45, 2.75) is 56.5 Å². The second-order valence-electron chi connectivity index (χ2n) is 9.05. The highest BCUT2D eigenvalue weighted by Crippen LogP contribution is 2.38. The number of benzene rings is 1. The summed E-state index contributed by atoms with van der Waals surface area (Å²) in [5.74, 6) is -0.141. The number of aromatic nitrogens is 1. The van der Waals surface area contributed by atoms with Gasteiger partial charge in [-0.2, -0.15) is 0 Å². The number of piperidine rings is 1. The van der Waals surface area contributed by atoms with Crippen LogP contribution in [0.4, 0.5) is 14.9 Å². The van der Waals surface area contributed by atoms with Gasteiger partial charge in [-0.3, -0.25) is 25.0 Å². The molecule has 1 aliphatic carbocycles. The summed E-state index contributed by atoms with van der Waals surface area (Å²) in [6.07, 6.45) is 9.99. The van der Waals surface area contributed by atoms with Crippen LogP contribution in [0.25, 0.3) is 0 Å². The molecule has 2 aliphatic heterocycles. The number of amidine groups is 1. The Morgan fingerprint density at radius 2 is 1.85 bits per heavy atom. The summed E-state index contributed by atoms with van der Waals surface area (Å²) < 4.78 is 14.2. The molecule has 0 atom stereocenters. The molecule has 1 N–H and O–H groups in total. The van der Waals surface area contributed by atoms with E-state index in [0.717, 1.165) is 25.7 Å². The van der Waals surface area contributed by atoms with Crippen LogP contribution in [-0.4, -0.2) is 52.3 Å². The molecule has 8 heteroatoms. The zero-order valence-corrected chi connectivity index (χ0v) is 18.5. The van der Waals surface area contributed by atoms with Gasteiger partial charge in [-0.05, 0) is 49.9 Å². The van der Waals surface area contributed by atoms with Crippen LogP contribution in [-0.2, 0) is 0 Å². The molecule has 0 bridgehead atoms. The SMILES string of the molecule is O=C(c1ccccc1F)N1CCC2(CC1)C(=NC1CCCCC1)NC(=O)N2c1cccnc1. The van der Waals surface area contributed by atoms with Gasteiger partial charge in [0.25, 0.3) is 5.91 Å². The van der Waals surface area contributed by atoms with Gasteiger partial charge in [0.05, 0.1) is 23.5 Å². The lowest BCUT2D eigenvalue weighted by atomic mass is 9.84. The lowest BCUT2D eigenvalue weighted by Gasteiger charge is -2.43. The van der Waals surface area contributed by atoms with E-state index in [1.54, 1.807) is 34.3 Å². The van der Waals surface area contributed by atoms with E-state index >= 15 is 0 Å². The molecule has 0 radical (unpaired) electrons. The van der Waals surface area contributed by atoms with Crippen LogP contribution in [0.5, 0.6) is 0 Å². The molecule has 3 heterocycles. The van der Waals surface area contributed by atoms with Gasteiger partial charge in [0.2, 0.25) is 0 Å². The third-order valence-corrected chi connectivity index (χ3v) is 7.07. The van der Waals surface area contributed by atoms with E-state index in [4.69, 9.17) is 4.99 Å². The molecule has 5 rings (SSSR count). The zero-order valence-electron chi connectivity index (χ0n) is 18.5. The largest absolute Gasteiger partial charge is 0.338 e. The third kappa shape index (κ3) is 3.98. The average molecular weight is 450 g/mol. The van der Waals surface area contributed by atoms with E-state index < -0.39 is 11.4 Å². The number of likely N-dealkylation sites (tertiary alicyclic amines) is 1. The Bertz CT molecular complexity index is 1060. The van der Waals surface area contributed by atoms with Crippen molar-refractivity contribution < 1.29 is 14.0 Å². The Kier molecular flexibility index (Phi) is 5.83. The van der Waals surface area contributed by atoms with Crippen LogP contribution in [0, 0.1) is 5.82 Å². The summed E-state index contributed by atoms with van der Waals surface area (Å²) in [6, 6.07) is 9.73. The molecule has 33 heavy (non-hydrogen) atoms. The van der Waals surface area contributed by atoms with E-state index in [9.17, 15) is 14.0 Å². The molecule has 1 saturated carbocycles. The monoisotopic (exact) mass is 449 g/mol. The molecule has 1 spiro atoms. The first-order valence-corrected chi connectivity index (χ1v) is 11.7. The Morgan fingerprint density at radius 1 is 1.09 bits per heavy atom. The van der Waals surface area contributed by atoms with Crippen LogP contribution in [0.3, 0.4) is 0 Å². The number of halogens is 1. The van der Waals surface area contributed by atoms with Crippen LogP contribution in [0.2, 0.25) is 0 Å². The highest BCUT2D eigenvalue weighted by Gasteiger charge is 2.53. The number of anilines is 1. The van der Waals surface area contributed by atoms with Gasteiger partial charge in [-0.1, -0.05) is 31.4 Å². The number of hydrogen-bond donors (Lipinski definition) is 1. The number of hydrogen-bond acceptors (Lipinski definition) is 4. The van der Waals surface area contributed by atoms with Crippen molar-refractivity contribution in [1.29, 1.82) is 0 Å². The van der Waals surface area contributed by atoms with Crippen LogP contribution in [0.15, 0.2) is 53.8 Å². The summed E-state index contributed by atoms with van der Waals surface area (Å²) in [5, 5.41) is 3.04. The molecule has 2 aromatic rings. The molecular weight excluding hydrogens is 421 g/mol. The molecule has 3 amide bonds. The maximum atomic E-state index is 14.2. The fourth-order valence-corrected chi connectivity index (χ4v) is 5.31. The number of carbonyl (C=O) groups excluding carboxylic acids is 2. The summed E-state index contributed by atoms with van der Waals surface area (Å²) in [7, 11) is 0. The van der Waals surface area contributed by atoms with Crippen LogP contribution in [0.1, 0.15) is 55.3 Å². The predicted molar refractivity (Wildman–Crippen MR) is 124 cm³/mol. The Morgan fingerprint density at radius 3 is 2.55 bits per heavy atom. The minimum atomic E-state index is -0.663. The van der Waals surface area contributed by atoms with E-state index in [2.05, 4.69) is 10.3 Å². The van der Waals surface area contributed by atoms with Crippen molar-refractivity contribution in [3.05, 3.63) is 60.2 Å². The molecule has 7 nitrogen and oxygen atoms in total. The Labute approximate surface area is 192 Å². The zero-order chi connectivity index (χ0) is 22.8. The Balaban J connectivity index is 1.45. The number of rotatable bonds is 3. The van der Waals surface area contributed by atoms with Gasteiger partial charge in [0, 0.05) is 19.3 Å². The fourth-order valence-electron chi connectivity index (χ4n) is 5.31. The number of nitrogens with one attached hydrogen (secondary N) is 1. The quantitative estimate of drug-likeness (QED) is 0.765. The van der Waals surface area contributed by atoms with E-state index in [0.29, 0.717) is 37.5 Å². The summed E-state index contributed by atoms with van der Waals surface area (Å²) in [5.41, 5.74) is 0.121. The molecular formula is C25H28FN5O2. The summed E-state index contributed by atoms with van der Waals surface area (Å²) in [4.78, 5) is 38.8. The number of pyridine rings is 1. The second-order valence-corrected chi connectivity index (χ2v) is 9.05. The lowest BCUT2D eigenvalue weighted by molar-refractivity contribution is 0.0695. The predicted octanol–water partition coefficient (Wildman–Crippen LogP) is 4.16. The molecule has 1 aromatic carbocycles. The van der Waals surface area contributed by atoms with E-state index in [1.807, 2.05) is 12.1 Å². The van der Waals surface area contributed by atoms with Gasteiger partial charge in [-0.15, -0.1) is 0 Å². The Hall–Kier alpha value is -3.29. The summed E-state index contributed by atoms with van der Waals surface area (Å²) in [6.45, 7) is 0.811. The van der Waals surface area contributed by atoms with Gasteiger partial charge < -0.3 is 4.90 Å². The molecule has 3 fully saturated rings. The fraction of sp³-hybridized carbons (Fsp3) is 0.440. The van der Waals surface area contributed by atoms with Crippen LogP contribution < -0.4 is 10.2 Å². The standard InChI is InChI=1S/C25H28FN5O2/c26-21-11-5-4-10-20(21)22(32)30-15-12-25(13-16-30)23(28-18-7-2-1-3-8-18)29-24(33)31(25)19-9-6-14-27-17-19/h4-6,9-11,14,17-18H,1-3,7-8,12-13,15-16H2,(H,28,29,33). The first kappa shape index (κ1) is 21.6. The van der Waals surface area contributed by atoms with Gasteiger partial charge in [0.1, 0.15) is 17.2 Å². The van der Waals surface area contributed by atoms with Crippen molar-refractivity contribution in [2.24, 2.45) is 4.99 Å². The molecule has 1 aromatic heterocycles. The average Bonchev–Trinajstić information content (AvgIpc) is 3.10. The summed E-state index contributed by atoms with van der Waals surface area (Å²) >= 11 is 0. The van der Waals surface area contributed by atoms with Crippen molar-refractivity contribution in [2.75, 3.05) is 18.0 Å². The first-order valence-electron chi connectivity index (χ1n) is 11.7. The second kappa shape index (κ2) is 8.92. The number of carbonyl (C=O) groups is 2. The number of amides is 3. The van der Waals surface area contributed by atoms with Crippen LogP contribution >= 0.6 is 0 Å². The smallest absolute Gasteiger partial charge is 0.328 e. The van der Waals surface area contributed by atoms with Crippen molar-refractivity contribution in [3.8, 4) is 0 Å². The number of aliphatic imine (C=N–C) groups is 1. The third-order valence-electron chi connectivity index (χ3n) is 7.07. The molecule has 0 unspecified atom stereocenters. The van der Waals surface area contributed by atoms with Gasteiger partial charge in [0.15, 0.2) is 0 Å². The molecule has 172 valence electrons. The van der Waals surface area contributed by atoms with Crippen molar-refractivity contribution in [1.82, 2.24) is 15.2 Å². The van der Waals surface area contributed by atoms with E-state index in [1.165, 1.54) is 18.6 Å². The molecule has 2 saturated heterocycles. The van der Waals surface area contributed by atoms with Crippen molar-refractivity contribution >= 4 is 23.5 Å². The lowest BCUT2D eigenvalue weighted by Crippen LogP contribution is -2.58. The highest BCUT2D eigenvalue weighted by molar-refractivity contribution is 6.19. The maximum absolute atomic E-state index is 14.2. The maximum Gasteiger partial charge on any atom is 0.328 e. The van der Waals surface area contributed by atoms with Gasteiger partial charge >= 0.3 is 6.03 Å². The minimum absolute atomic E-state index is 0.0780. The normalized spacial score (nSPS) is 22.1. The topological polar surface area (TPSA) is 77.9 Å².